The van der Waals surface area contributed by atoms with Gasteiger partial charge in [-0.3, -0.25) is 9.69 Å². The van der Waals surface area contributed by atoms with Crippen LogP contribution in [-0.4, -0.2) is 29.6 Å². The normalized spacial score (nSPS) is 16.1. The molecule has 0 saturated carbocycles. The van der Waals surface area contributed by atoms with Crippen LogP contribution in [0, 0.1) is 0 Å². The first-order valence-corrected chi connectivity index (χ1v) is 6.55. The smallest absolute Gasteiger partial charge is 0.320 e. The zero-order chi connectivity index (χ0) is 14.0. The summed E-state index contributed by atoms with van der Waals surface area (Å²) in [6.07, 6.45) is 0. The molecule has 1 heterocycles. The second-order valence-corrected chi connectivity index (χ2v) is 5.99. The van der Waals surface area contributed by atoms with Crippen molar-refractivity contribution in [3.63, 3.8) is 0 Å². The van der Waals surface area contributed by atoms with Gasteiger partial charge in [-0.1, -0.05) is 30.8 Å². The Hall–Kier alpha value is -1.61. The van der Waals surface area contributed by atoms with Crippen LogP contribution in [0.4, 0.5) is 0 Å². The van der Waals surface area contributed by atoms with E-state index in [9.17, 15) is 4.79 Å². The average molecular weight is 259 g/mol. The van der Waals surface area contributed by atoms with Gasteiger partial charge in [0, 0.05) is 13.1 Å². The number of carbonyl (C=O) groups excluding carboxylic acids is 1. The fraction of sp³-hybridized carbons (Fsp3) is 0.438. The summed E-state index contributed by atoms with van der Waals surface area (Å²) in [4.78, 5) is 13.9. The molecule has 0 aromatic heterocycles. The van der Waals surface area contributed by atoms with Crippen molar-refractivity contribution in [2.24, 2.45) is 0 Å². The molecule has 0 atom stereocenters. The van der Waals surface area contributed by atoms with E-state index in [-0.39, 0.29) is 5.97 Å². The molecule has 19 heavy (non-hydrogen) atoms. The number of fused-ring (bicyclic) bond motifs is 1. The van der Waals surface area contributed by atoms with Gasteiger partial charge in [-0.25, -0.2) is 0 Å². The third-order valence-corrected chi connectivity index (χ3v) is 2.98. The molecular weight excluding hydrogens is 238 g/mol. The first-order valence-electron chi connectivity index (χ1n) is 6.55. The Labute approximate surface area is 114 Å². The lowest BCUT2D eigenvalue weighted by molar-refractivity contribution is -0.156. The van der Waals surface area contributed by atoms with E-state index < -0.39 is 5.60 Å². The molecule has 0 amide bonds. The standard InChI is InChI=1S/C16H21NO2/c1-12-9-17(11-15(18)19-16(2,3)4)10-13-7-5-6-8-14(12)13/h5-8H,1,9-11H2,2-4H3. The van der Waals surface area contributed by atoms with Gasteiger partial charge in [0.05, 0.1) is 6.54 Å². The van der Waals surface area contributed by atoms with Crippen molar-refractivity contribution in [2.75, 3.05) is 13.1 Å². The van der Waals surface area contributed by atoms with E-state index in [1.807, 2.05) is 32.9 Å². The molecule has 1 aliphatic heterocycles. The van der Waals surface area contributed by atoms with Gasteiger partial charge >= 0.3 is 5.97 Å². The van der Waals surface area contributed by atoms with Gasteiger partial charge in [0.1, 0.15) is 5.60 Å². The molecule has 102 valence electrons. The Morgan fingerprint density at radius 2 is 2.00 bits per heavy atom. The molecule has 0 bridgehead atoms. The number of carbonyl (C=O) groups is 1. The van der Waals surface area contributed by atoms with Crippen LogP contribution in [0.1, 0.15) is 31.9 Å². The van der Waals surface area contributed by atoms with Crippen LogP contribution in [0.25, 0.3) is 5.57 Å². The largest absolute Gasteiger partial charge is 0.459 e. The maximum Gasteiger partial charge on any atom is 0.320 e. The molecule has 0 saturated heterocycles. The zero-order valence-corrected chi connectivity index (χ0v) is 11.9. The molecule has 3 nitrogen and oxygen atoms in total. The number of esters is 1. The summed E-state index contributed by atoms with van der Waals surface area (Å²) in [5, 5.41) is 0. The third kappa shape index (κ3) is 3.67. The lowest BCUT2D eigenvalue weighted by Crippen LogP contribution is -2.37. The lowest BCUT2D eigenvalue weighted by Gasteiger charge is -2.30. The Bertz CT molecular complexity index is 500. The van der Waals surface area contributed by atoms with Crippen molar-refractivity contribution in [1.82, 2.24) is 4.90 Å². The molecule has 0 N–H and O–H groups in total. The summed E-state index contributed by atoms with van der Waals surface area (Å²) in [5.74, 6) is -0.181. The fourth-order valence-corrected chi connectivity index (χ4v) is 2.32. The number of rotatable bonds is 2. The summed E-state index contributed by atoms with van der Waals surface area (Å²) in [7, 11) is 0. The first-order chi connectivity index (χ1) is 8.85. The van der Waals surface area contributed by atoms with Crippen LogP contribution in [0.3, 0.4) is 0 Å². The Kier molecular flexibility index (Phi) is 3.76. The van der Waals surface area contributed by atoms with Crippen molar-refractivity contribution in [3.05, 3.63) is 42.0 Å². The van der Waals surface area contributed by atoms with Crippen molar-refractivity contribution >= 4 is 11.5 Å². The molecule has 1 aliphatic rings. The average Bonchev–Trinajstić information content (AvgIpc) is 2.26. The van der Waals surface area contributed by atoms with E-state index in [0.717, 1.165) is 18.7 Å². The molecule has 0 aliphatic carbocycles. The maximum atomic E-state index is 11.9. The van der Waals surface area contributed by atoms with Crippen molar-refractivity contribution in [2.45, 2.75) is 32.9 Å². The number of benzene rings is 1. The highest BCUT2D eigenvalue weighted by Crippen LogP contribution is 2.25. The Morgan fingerprint density at radius 3 is 2.68 bits per heavy atom. The lowest BCUT2D eigenvalue weighted by atomic mass is 9.96. The van der Waals surface area contributed by atoms with Gasteiger partial charge < -0.3 is 4.74 Å². The Balaban J connectivity index is 2.02. The van der Waals surface area contributed by atoms with Gasteiger partial charge in [0.25, 0.3) is 0 Å². The van der Waals surface area contributed by atoms with Crippen LogP contribution in [0.5, 0.6) is 0 Å². The molecule has 0 radical (unpaired) electrons. The second-order valence-electron chi connectivity index (χ2n) is 5.99. The summed E-state index contributed by atoms with van der Waals surface area (Å²) in [6.45, 7) is 11.5. The maximum absolute atomic E-state index is 11.9. The topological polar surface area (TPSA) is 29.5 Å². The predicted octanol–water partition coefficient (Wildman–Crippen LogP) is 2.86. The molecule has 1 aromatic carbocycles. The van der Waals surface area contributed by atoms with Gasteiger partial charge in [0.15, 0.2) is 0 Å². The molecule has 0 spiro atoms. The molecular formula is C16H21NO2. The van der Waals surface area contributed by atoms with Crippen LogP contribution in [-0.2, 0) is 16.1 Å². The van der Waals surface area contributed by atoms with Crippen molar-refractivity contribution in [1.29, 1.82) is 0 Å². The quantitative estimate of drug-likeness (QED) is 0.765. The van der Waals surface area contributed by atoms with Crippen molar-refractivity contribution in [3.8, 4) is 0 Å². The van der Waals surface area contributed by atoms with Crippen LogP contribution >= 0.6 is 0 Å². The molecule has 0 unspecified atom stereocenters. The summed E-state index contributed by atoms with van der Waals surface area (Å²) in [5.41, 5.74) is 3.07. The van der Waals surface area contributed by atoms with Crippen LogP contribution in [0.2, 0.25) is 0 Å². The minimum atomic E-state index is -0.429. The van der Waals surface area contributed by atoms with Gasteiger partial charge in [-0.2, -0.15) is 0 Å². The predicted molar refractivity (Wildman–Crippen MR) is 76.6 cm³/mol. The van der Waals surface area contributed by atoms with Gasteiger partial charge in [-0.05, 0) is 37.5 Å². The van der Waals surface area contributed by atoms with Crippen LogP contribution < -0.4 is 0 Å². The highest BCUT2D eigenvalue weighted by molar-refractivity contribution is 5.74. The van der Waals surface area contributed by atoms with E-state index >= 15 is 0 Å². The van der Waals surface area contributed by atoms with Gasteiger partial charge in [-0.15, -0.1) is 0 Å². The highest BCUT2D eigenvalue weighted by atomic mass is 16.6. The molecule has 2 rings (SSSR count). The number of hydrogen-bond donors (Lipinski definition) is 0. The van der Waals surface area contributed by atoms with Crippen LogP contribution in [0.15, 0.2) is 30.8 Å². The van der Waals surface area contributed by atoms with E-state index in [0.29, 0.717) is 6.54 Å². The van der Waals surface area contributed by atoms with E-state index in [1.165, 1.54) is 11.1 Å². The molecule has 3 heteroatoms. The van der Waals surface area contributed by atoms with E-state index in [1.54, 1.807) is 0 Å². The minimum Gasteiger partial charge on any atom is -0.459 e. The number of hydrogen-bond acceptors (Lipinski definition) is 3. The zero-order valence-electron chi connectivity index (χ0n) is 11.9. The van der Waals surface area contributed by atoms with Crippen molar-refractivity contribution < 1.29 is 9.53 Å². The fourth-order valence-electron chi connectivity index (χ4n) is 2.32. The SMILES string of the molecule is C=C1CN(CC(=O)OC(C)(C)C)Cc2ccccc21. The summed E-state index contributed by atoms with van der Waals surface area (Å²) < 4.78 is 5.35. The summed E-state index contributed by atoms with van der Waals surface area (Å²) in [6, 6.07) is 8.21. The molecule has 1 aromatic rings. The monoisotopic (exact) mass is 259 g/mol. The summed E-state index contributed by atoms with van der Waals surface area (Å²) >= 11 is 0. The number of nitrogens with zero attached hydrogens (tertiary/aromatic N) is 1. The highest BCUT2D eigenvalue weighted by Gasteiger charge is 2.23. The third-order valence-electron chi connectivity index (χ3n) is 2.98. The van der Waals surface area contributed by atoms with E-state index in [2.05, 4.69) is 23.6 Å². The second kappa shape index (κ2) is 5.17. The molecule has 0 fully saturated rings. The Morgan fingerprint density at radius 1 is 1.32 bits per heavy atom. The first kappa shape index (κ1) is 13.8. The van der Waals surface area contributed by atoms with E-state index in [4.69, 9.17) is 4.74 Å². The minimum absolute atomic E-state index is 0.181. The van der Waals surface area contributed by atoms with Gasteiger partial charge in [0.2, 0.25) is 0 Å². The number of ether oxygens (including phenoxy) is 1.